The Morgan fingerprint density at radius 1 is 0.900 bits per heavy atom. The molecule has 1 N–H and O–H groups in total. The van der Waals surface area contributed by atoms with Crippen molar-refractivity contribution >= 4 is 17.8 Å². The maximum Gasteiger partial charge on any atom is 0.307 e. The zero-order chi connectivity index (χ0) is 14.4. The van der Waals surface area contributed by atoms with Gasteiger partial charge in [-0.2, -0.15) is 0 Å². The molecule has 0 fully saturated rings. The van der Waals surface area contributed by atoms with Crippen molar-refractivity contribution in [1.82, 2.24) is 0 Å². The summed E-state index contributed by atoms with van der Waals surface area (Å²) >= 11 is 0. The van der Waals surface area contributed by atoms with Gasteiger partial charge in [-0.1, -0.05) is 60.7 Å². The topological polar surface area (TPSA) is 54.4 Å². The second kappa shape index (κ2) is 6.48. The van der Waals surface area contributed by atoms with Gasteiger partial charge < -0.3 is 5.11 Å². The summed E-state index contributed by atoms with van der Waals surface area (Å²) in [5.41, 5.74) is 1.58. The molecule has 0 aliphatic carbocycles. The lowest BCUT2D eigenvalue weighted by atomic mass is 9.98. The van der Waals surface area contributed by atoms with Crippen LogP contribution < -0.4 is 0 Å². The predicted molar refractivity (Wildman–Crippen MR) is 77.4 cm³/mol. The van der Waals surface area contributed by atoms with Crippen molar-refractivity contribution in [3.63, 3.8) is 0 Å². The monoisotopic (exact) mass is 266 g/mol. The molecule has 0 heterocycles. The number of carbonyl (C=O) groups is 2. The minimum atomic E-state index is -1.02. The first-order valence-electron chi connectivity index (χ1n) is 6.24. The molecule has 0 atom stereocenters. The molecular formula is C17H14O3. The molecule has 0 aromatic heterocycles. The number of carboxylic acid groups (broad SMARTS) is 1. The molecule has 2 aromatic rings. The average Bonchev–Trinajstić information content (AvgIpc) is 2.47. The molecule has 0 amide bonds. The van der Waals surface area contributed by atoms with Crippen LogP contribution in [0.25, 0.3) is 6.08 Å². The van der Waals surface area contributed by atoms with E-state index in [1.165, 1.54) is 0 Å². The zero-order valence-corrected chi connectivity index (χ0v) is 10.8. The Labute approximate surface area is 117 Å². The van der Waals surface area contributed by atoms with Gasteiger partial charge in [-0.15, -0.1) is 0 Å². The minimum Gasteiger partial charge on any atom is -0.481 e. The molecule has 3 nitrogen and oxygen atoms in total. The van der Waals surface area contributed by atoms with Crippen LogP contribution in [0.4, 0.5) is 0 Å². The van der Waals surface area contributed by atoms with Gasteiger partial charge in [0.15, 0.2) is 5.78 Å². The summed E-state index contributed by atoms with van der Waals surface area (Å²) in [5.74, 6) is -1.27. The maximum atomic E-state index is 12.4. The first kappa shape index (κ1) is 13.7. The Bertz CT molecular complexity index is 628. The smallest absolute Gasteiger partial charge is 0.307 e. The first-order valence-corrected chi connectivity index (χ1v) is 6.24. The van der Waals surface area contributed by atoms with Gasteiger partial charge in [0.2, 0.25) is 0 Å². The standard InChI is InChI=1S/C17H14O3/c18-16(19)12-15(11-13-7-3-1-4-8-13)17(20)14-9-5-2-6-10-14/h1-11H,12H2,(H,18,19)/b15-11+. The number of hydrogen-bond acceptors (Lipinski definition) is 2. The molecule has 100 valence electrons. The van der Waals surface area contributed by atoms with Crippen LogP contribution in [0.3, 0.4) is 0 Å². The fraction of sp³-hybridized carbons (Fsp3) is 0.0588. The van der Waals surface area contributed by atoms with Crippen LogP contribution in [-0.4, -0.2) is 16.9 Å². The highest BCUT2D eigenvalue weighted by Gasteiger charge is 2.15. The highest BCUT2D eigenvalue weighted by molar-refractivity contribution is 6.13. The van der Waals surface area contributed by atoms with Crippen molar-refractivity contribution in [1.29, 1.82) is 0 Å². The molecule has 0 bridgehead atoms. The molecule has 0 radical (unpaired) electrons. The molecule has 0 aliphatic rings. The normalized spacial score (nSPS) is 11.1. The number of rotatable bonds is 5. The lowest BCUT2D eigenvalue weighted by molar-refractivity contribution is -0.136. The zero-order valence-electron chi connectivity index (χ0n) is 10.8. The lowest BCUT2D eigenvalue weighted by Crippen LogP contribution is -2.08. The summed E-state index contributed by atoms with van der Waals surface area (Å²) in [6, 6.07) is 17.9. The average molecular weight is 266 g/mol. The summed E-state index contributed by atoms with van der Waals surface area (Å²) in [5, 5.41) is 8.96. The quantitative estimate of drug-likeness (QED) is 0.666. The van der Waals surface area contributed by atoms with E-state index in [0.717, 1.165) is 5.56 Å². The van der Waals surface area contributed by atoms with E-state index in [4.69, 9.17) is 5.11 Å². The van der Waals surface area contributed by atoms with E-state index in [9.17, 15) is 9.59 Å². The van der Waals surface area contributed by atoms with Crippen molar-refractivity contribution < 1.29 is 14.7 Å². The molecule has 2 aromatic carbocycles. The van der Waals surface area contributed by atoms with Gasteiger partial charge in [-0.05, 0) is 11.6 Å². The van der Waals surface area contributed by atoms with E-state index in [1.807, 2.05) is 36.4 Å². The summed E-state index contributed by atoms with van der Waals surface area (Å²) in [6.45, 7) is 0. The molecule has 0 spiro atoms. The van der Waals surface area contributed by atoms with Crippen LogP contribution in [0.15, 0.2) is 66.2 Å². The Morgan fingerprint density at radius 3 is 2.00 bits per heavy atom. The lowest BCUT2D eigenvalue weighted by Gasteiger charge is -2.05. The third kappa shape index (κ3) is 3.65. The highest BCUT2D eigenvalue weighted by Crippen LogP contribution is 2.16. The van der Waals surface area contributed by atoms with Crippen LogP contribution in [0.5, 0.6) is 0 Å². The number of Topliss-reactive ketones (excluding diaryl/α,β-unsaturated/α-hetero) is 1. The summed E-state index contributed by atoms with van der Waals surface area (Å²) in [6.07, 6.45) is 1.34. The number of carboxylic acids is 1. The highest BCUT2D eigenvalue weighted by atomic mass is 16.4. The van der Waals surface area contributed by atoms with Crippen molar-refractivity contribution in [2.75, 3.05) is 0 Å². The van der Waals surface area contributed by atoms with E-state index < -0.39 is 5.97 Å². The molecule has 2 rings (SSSR count). The number of aliphatic carboxylic acids is 1. The fourth-order valence-corrected chi connectivity index (χ4v) is 1.89. The largest absolute Gasteiger partial charge is 0.481 e. The van der Waals surface area contributed by atoms with Gasteiger partial charge in [0, 0.05) is 11.1 Å². The van der Waals surface area contributed by atoms with Crippen molar-refractivity contribution in [3.8, 4) is 0 Å². The van der Waals surface area contributed by atoms with Crippen LogP contribution in [0.1, 0.15) is 22.3 Å². The first-order chi connectivity index (χ1) is 9.66. The van der Waals surface area contributed by atoms with E-state index in [1.54, 1.807) is 30.3 Å². The SMILES string of the molecule is O=C(O)C/C(=C\c1ccccc1)C(=O)c1ccccc1. The minimum absolute atomic E-state index is 0.253. The Hall–Kier alpha value is -2.68. The molecular weight excluding hydrogens is 252 g/mol. The van der Waals surface area contributed by atoms with E-state index in [-0.39, 0.29) is 17.8 Å². The Kier molecular flexibility index (Phi) is 4.45. The van der Waals surface area contributed by atoms with Crippen molar-refractivity contribution in [2.24, 2.45) is 0 Å². The molecule has 0 aliphatic heterocycles. The van der Waals surface area contributed by atoms with Crippen LogP contribution in [-0.2, 0) is 4.79 Å². The number of benzene rings is 2. The van der Waals surface area contributed by atoms with Crippen molar-refractivity contribution in [2.45, 2.75) is 6.42 Å². The van der Waals surface area contributed by atoms with Gasteiger partial charge in [-0.3, -0.25) is 9.59 Å². The maximum absolute atomic E-state index is 12.4. The third-order valence-electron chi connectivity index (χ3n) is 2.81. The fourth-order valence-electron chi connectivity index (χ4n) is 1.89. The Morgan fingerprint density at radius 2 is 1.45 bits per heavy atom. The van der Waals surface area contributed by atoms with Crippen LogP contribution in [0, 0.1) is 0 Å². The molecule has 0 saturated carbocycles. The summed E-state index contributed by atoms with van der Waals surface area (Å²) in [7, 11) is 0. The van der Waals surface area contributed by atoms with Gasteiger partial charge in [0.05, 0.1) is 6.42 Å². The Balaban J connectivity index is 2.36. The molecule has 0 saturated heterocycles. The number of hydrogen-bond donors (Lipinski definition) is 1. The summed E-state index contributed by atoms with van der Waals surface area (Å²) < 4.78 is 0. The van der Waals surface area contributed by atoms with Crippen molar-refractivity contribution in [3.05, 3.63) is 77.4 Å². The van der Waals surface area contributed by atoms with E-state index in [2.05, 4.69) is 0 Å². The second-order valence-corrected chi connectivity index (χ2v) is 4.35. The van der Waals surface area contributed by atoms with Gasteiger partial charge >= 0.3 is 5.97 Å². The van der Waals surface area contributed by atoms with E-state index in [0.29, 0.717) is 5.56 Å². The second-order valence-electron chi connectivity index (χ2n) is 4.35. The predicted octanol–water partition coefficient (Wildman–Crippen LogP) is 3.43. The van der Waals surface area contributed by atoms with Crippen LogP contribution in [0.2, 0.25) is 0 Å². The molecule has 20 heavy (non-hydrogen) atoms. The van der Waals surface area contributed by atoms with Gasteiger partial charge in [-0.25, -0.2) is 0 Å². The molecule has 0 unspecified atom stereocenters. The summed E-state index contributed by atoms with van der Waals surface area (Å²) in [4.78, 5) is 23.3. The third-order valence-corrected chi connectivity index (χ3v) is 2.81. The number of ketones is 1. The van der Waals surface area contributed by atoms with Gasteiger partial charge in [0.25, 0.3) is 0 Å². The van der Waals surface area contributed by atoms with Crippen LogP contribution >= 0.6 is 0 Å². The van der Waals surface area contributed by atoms with E-state index >= 15 is 0 Å². The van der Waals surface area contributed by atoms with Gasteiger partial charge in [0.1, 0.15) is 0 Å². The number of carbonyl (C=O) groups excluding carboxylic acids is 1. The molecule has 3 heteroatoms.